The van der Waals surface area contributed by atoms with Gasteiger partial charge in [0.05, 0.1) is 5.52 Å². The summed E-state index contributed by atoms with van der Waals surface area (Å²) in [5.41, 5.74) is 2.35. The summed E-state index contributed by atoms with van der Waals surface area (Å²) in [4.78, 5) is 4.45. The van der Waals surface area contributed by atoms with E-state index >= 15 is 0 Å². The molecule has 0 bridgehead atoms. The lowest BCUT2D eigenvalue weighted by Crippen LogP contribution is -1.96. The Labute approximate surface area is 109 Å². The minimum Gasteiger partial charge on any atom is -0.256 e. The van der Waals surface area contributed by atoms with E-state index in [2.05, 4.69) is 39.1 Å². The van der Waals surface area contributed by atoms with E-state index < -0.39 is 0 Å². The zero-order chi connectivity index (χ0) is 11.5. The standard InChI is InChI=1S/C13H13BrClN/c1-9(15)4-5-10-6-7-12(14)11-3-2-8-16-13(10)11/h2-3,6-9H,4-5H2,1H3. The predicted molar refractivity (Wildman–Crippen MR) is 73.1 cm³/mol. The lowest BCUT2D eigenvalue weighted by atomic mass is 10.0. The van der Waals surface area contributed by atoms with E-state index in [9.17, 15) is 0 Å². The number of hydrogen-bond acceptors (Lipinski definition) is 1. The number of nitrogens with zero attached hydrogens (tertiary/aromatic N) is 1. The van der Waals surface area contributed by atoms with Gasteiger partial charge in [0, 0.05) is 21.4 Å². The van der Waals surface area contributed by atoms with Gasteiger partial charge in [0.2, 0.25) is 0 Å². The predicted octanol–water partition coefficient (Wildman–Crippen LogP) is 4.56. The molecule has 1 nitrogen and oxygen atoms in total. The maximum Gasteiger partial charge on any atom is 0.0745 e. The molecule has 0 radical (unpaired) electrons. The normalized spacial score (nSPS) is 12.9. The van der Waals surface area contributed by atoms with Crippen molar-refractivity contribution in [1.82, 2.24) is 4.98 Å². The van der Waals surface area contributed by atoms with E-state index in [1.54, 1.807) is 0 Å². The van der Waals surface area contributed by atoms with Crippen LogP contribution >= 0.6 is 27.5 Å². The van der Waals surface area contributed by atoms with Gasteiger partial charge in [-0.2, -0.15) is 0 Å². The van der Waals surface area contributed by atoms with E-state index in [0.29, 0.717) is 0 Å². The van der Waals surface area contributed by atoms with Crippen LogP contribution in [-0.2, 0) is 6.42 Å². The summed E-state index contributed by atoms with van der Waals surface area (Å²) in [6, 6.07) is 8.25. The smallest absolute Gasteiger partial charge is 0.0745 e. The SMILES string of the molecule is CC(Cl)CCc1ccc(Br)c2cccnc12. The third kappa shape index (κ3) is 2.55. The van der Waals surface area contributed by atoms with Crippen LogP contribution in [0.5, 0.6) is 0 Å². The lowest BCUT2D eigenvalue weighted by molar-refractivity contribution is 0.806. The molecule has 1 aromatic carbocycles. The van der Waals surface area contributed by atoms with Crippen molar-refractivity contribution < 1.29 is 0 Å². The molecule has 84 valence electrons. The summed E-state index contributed by atoms with van der Waals surface area (Å²) in [6.45, 7) is 2.02. The minimum atomic E-state index is 0.211. The van der Waals surface area contributed by atoms with E-state index in [-0.39, 0.29) is 5.38 Å². The molecule has 2 rings (SSSR count). The first-order chi connectivity index (χ1) is 7.68. The van der Waals surface area contributed by atoms with Crippen molar-refractivity contribution >= 4 is 38.4 Å². The zero-order valence-corrected chi connectivity index (χ0v) is 11.4. The largest absolute Gasteiger partial charge is 0.256 e. The molecule has 0 aliphatic carbocycles. The van der Waals surface area contributed by atoms with Crippen LogP contribution in [-0.4, -0.2) is 10.4 Å². The Morgan fingerprint density at radius 2 is 2.19 bits per heavy atom. The average Bonchev–Trinajstić information content (AvgIpc) is 2.28. The summed E-state index contributed by atoms with van der Waals surface area (Å²) in [6.07, 6.45) is 3.79. The fraction of sp³-hybridized carbons (Fsp3) is 0.308. The summed E-state index contributed by atoms with van der Waals surface area (Å²) in [5, 5.41) is 1.38. The van der Waals surface area contributed by atoms with Crippen LogP contribution in [0.25, 0.3) is 10.9 Å². The van der Waals surface area contributed by atoms with Gasteiger partial charge < -0.3 is 0 Å². The van der Waals surface area contributed by atoms with Crippen molar-refractivity contribution in [2.45, 2.75) is 25.1 Å². The molecule has 3 heteroatoms. The average molecular weight is 299 g/mol. The van der Waals surface area contributed by atoms with Gasteiger partial charge in [0.25, 0.3) is 0 Å². The van der Waals surface area contributed by atoms with Crippen LogP contribution in [0.15, 0.2) is 34.9 Å². The third-order valence-corrected chi connectivity index (χ3v) is 3.52. The zero-order valence-electron chi connectivity index (χ0n) is 9.08. The van der Waals surface area contributed by atoms with Crippen molar-refractivity contribution in [2.75, 3.05) is 0 Å². The number of fused-ring (bicyclic) bond motifs is 1. The highest BCUT2D eigenvalue weighted by Crippen LogP contribution is 2.26. The van der Waals surface area contributed by atoms with E-state index in [1.807, 2.05) is 19.2 Å². The molecule has 0 spiro atoms. The highest BCUT2D eigenvalue weighted by atomic mass is 79.9. The van der Waals surface area contributed by atoms with Crippen molar-refractivity contribution in [3.05, 3.63) is 40.5 Å². The van der Waals surface area contributed by atoms with Crippen molar-refractivity contribution in [1.29, 1.82) is 0 Å². The van der Waals surface area contributed by atoms with Gasteiger partial charge in [-0.05, 0) is 37.5 Å². The topological polar surface area (TPSA) is 12.9 Å². The number of hydrogen-bond donors (Lipinski definition) is 0. The molecule has 0 fully saturated rings. The van der Waals surface area contributed by atoms with E-state index in [1.165, 1.54) is 10.9 Å². The molecule has 0 amide bonds. The fourth-order valence-electron chi connectivity index (χ4n) is 1.75. The molecular weight excluding hydrogens is 286 g/mol. The molecule has 0 aliphatic heterocycles. The van der Waals surface area contributed by atoms with Gasteiger partial charge in [0.1, 0.15) is 0 Å². The highest BCUT2D eigenvalue weighted by molar-refractivity contribution is 9.10. The quantitative estimate of drug-likeness (QED) is 0.757. The highest BCUT2D eigenvalue weighted by Gasteiger charge is 2.06. The van der Waals surface area contributed by atoms with Gasteiger partial charge in [-0.1, -0.05) is 28.1 Å². The first-order valence-electron chi connectivity index (χ1n) is 5.34. The van der Waals surface area contributed by atoms with Crippen molar-refractivity contribution in [3.63, 3.8) is 0 Å². The Morgan fingerprint density at radius 1 is 1.38 bits per heavy atom. The number of alkyl halides is 1. The van der Waals surface area contributed by atoms with Crippen LogP contribution in [0.3, 0.4) is 0 Å². The molecule has 1 aromatic heterocycles. The molecule has 0 saturated heterocycles. The molecule has 0 saturated carbocycles. The van der Waals surface area contributed by atoms with Crippen LogP contribution in [0.4, 0.5) is 0 Å². The second kappa shape index (κ2) is 5.15. The maximum absolute atomic E-state index is 5.98. The summed E-state index contributed by atoms with van der Waals surface area (Å²) < 4.78 is 1.10. The second-order valence-corrected chi connectivity index (χ2v) is 5.52. The van der Waals surface area contributed by atoms with Gasteiger partial charge in [-0.15, -0.1) is 11.6 Å². The molecule has 0 N–H and O–H groups in total. The van der Waals surface area contributed by atoms with E-state index in [4.69, 9.17) is 11.6 Å². The number of benzene rings is 1. The van der Waals surface area contributed by atoms with Gasteiger partial charge in [-0.25, -0.2) is 0 Å². The molecular formula is C13H13BrClN. The van der Waals surface area contributed by atoms with E-state index in [0.717, 1.165) is 22.8 Å². The monoisotopic (exact) mass is 297 g/mol. The van der Waals surface area contributed by atoms with Crippen LogP contribution < -0.4 is 0 Å². The maximum atomic E-state index is 5.98. The minimum absolute atomic E-state index is 0.211. The number of pyridine rings is 1. The molecule has 16 heavy (non-hydrogen) atoms. The fourth-order valence-corrected chi connectivity index (χ4v) is 2.31. The van der Waals surface area contributed by atoms with Crippen LogP contribution in [0.2, 0.25) is 0 Å². The number of rotatable bonds is 3. The first kappa shape index (κ1) is 11.9. The van der Waals surface area contributed by atoms with Crippen LogP contribution in [0.1, 0.15) is 18.9 Å². The van der Waals surface area contributed by atoms with Crippen molar-refractivity contribution in [2.24, 2.45) is 0 Å². The van der Waals surface area contributed by atoms with Gasteiger partial charge >= 0.3 is 0 Å². The summed E-state index contributed by atoms with van der Waals surface area (Å²) in [7, 11) is 0. The Bertz CT molecular complexity index is 496. The number of aryl methyl sites for hydroxylation is 1. The summed E-state index contributed by atoms with van der Waals surface area (Å²) in [5.74, 6) is 0. The second-order valence-electron chi connectivity index (χ2n) is 3.93. The Balaban J connectivity index is 2.42. The Hall–Kier alpha value is -0.600. The number of aromatic nitrogens is 1. The van der Waals surface area contributed by atoms with Gasteiger partial charge in [0.15, 0.2) is 0 Å². The molecule has 1 heterocycles. The molecule has 1 atom stereocenters. The third-order valence-electron chi connectivity index (χ3n) is 2.61. The number of halogens is 2. The van der Waals surface area contributed by atoms with Gasteiger partial charge in [-0.3, -0.25) is 4.98 Å². The Kier molecular flexibility index (Phi) is 3.82. The van der Waals surface area contributed by atoms with Crippen LogP contribution in [0, 0.1) is 0 Å². The molecule has 1 unspecified atom stereocenters. The lowest BCUT2D eigenvalue weighted by Gasteiger charge is -2.08. The molecule has 2 aromatic rings. The Morgan fingerprint density at radius 3 is 2.94 bits per heavy atom. The van der Waals surface area contributed by atoms with Crippen molar-refractivity contribution in [3.8, 4) is 0 Å². The summed E-state index contributed by atoms with van der Waals surface area (Å²) >= 11 is 9.53. The molecule has 0 aliphatic rings. The first-order valence-corrected chi connectivity index (χ1v) is 6.57.